The summed E-state index contributed by atoms with van der Waals surface area (Å²) < 4.78 is 5.27. The Morgan fingerprint density at radius 2 is 2.12 bits per heavy atom. The maximum absolute atomic E-state index is 12.4. The van der Waals surface area contributed by atoms with Gasteiger partial charge in [0.1, 0.15) is 0 Å². The molecule has 132 valence electrons. The Morgan fingerprint density at radius 1 is 1.27 bits per heavy atom. The Hall–Kier alpha value is -2.79. The summed E-state index contributed by atoms with van der Waals surface area (Å²) in [4.78, 5) is 27.6. The number of esters is 1. The highest BCUT2D eigenvalue weighted by Crippen LogP contribution is 2.23. The second-order valence-corrected chi connectivity index (χ2v) is 6.74. The molecule has 1 amide bonds. The lowest BCUT2D eigenvalue weighted by Crippen LogP contribution is -2.42. The van der Waals surface area contributed by atoms with E-state index < -0.39 is 12.1 Å². The average molecular weight is 369 g/mol. The van der Waals surface area contributed by atoms with Gasteiger partial charge in [0.25, 0.3) is 5.91 Å². The first-order chi connectivity index (χ1) is 12.6. The zero-order valence-electron chi connectivity index (χ0n) is 13.9. The third-order valence-electron chi connectivity index (χ3n) is 4.61. The van der Waals surface area contributed by atoms with E-state index in [4.69, 9.17) is 16.3 Å². The third kappa shape index (κ3) is 3.18. The van der Waals surface area contributed by atoms with Crippen LogP contribution < -0.4 is 5.32 Å². The number of cyclic esters (lactones) is 1. The number of amides is 1. The van der Waals surface area contributed by atoms with Gasteiger partial charge in [-0.15, -0.1) is 0 Å². The Labute approximate surface area is 155 Å². The van der Waals surface area contributed by atoms with Crippen molar-refractivity contribution in [3.8, 4) is 0 Å². The number of hydrogen-bond donors (Lipinski definition) is 2. The van der Waals surface area contributed by atoms with Crippen molar-refractivity contribution < 1.29 is 14.3 Å². The van der Waals surface area contributed by atoms with Crippen molar-refractivity contribution in [2.24, 2.45) is 0 Å². The van der Waals surface area contributed by atoms with Crippen LogP contribution in [-0.4, -0.2) is 29.5 Å². The molecule has 26 heavy (non-hydrogen) atoms. The van der Waals surface area contributed by atoms with Gasteiger partial charge in [-0.25, -0.2) is 4.79 Å². The molecular formula is C20H17ClN2O3. The summed E-state index contributed by atoms with van der Waals surface area (Å²) in [5.41, 5.74) is 3.46. The zero-order chi connectivity index (χ0) is 18.1. The Kier molecular flexibility index (Phi) is 4.39. The molecule has 0 radical (unpaired) electrons. The van der Waals surface area contributed by atoms with Gasteiger partial charge in [-0.3, -0.25) is 4.79 Å². The topological polar surface area (TPSA) is 71.2 Å². The van der Waals surface area contributed by atoms with E-state index in [1.807, 2.05) is 36.5 Å². The van der Waals surface area contributed by atoms with Crippen molar-refractivity contribution >= 4 is 34.4 Å². The van der Waals surface area contributed by atoms with Crippen molar-refractivity contribution in [1.82, 2.24) is 10.3 Å². The van der Waals surface area contributed by atoms with Crippen molar-refractivity contribution in [3.63, 3.8) is 0 Å². The molecule has 4 rings (SSSR count). The number of hydrogen-bond acceptors (Lipinski definition) is 3. The highest BCUT2D eigenvalue weighted by molar-refractivity contribution is 6.31. The normalized spacial score (nSPS) is 16.2. The van der Waals surface area contributed by atoms with Gasteiger partial charge in [-0.1, -0.05) is 29.8 Å². The summed E-state index contributed by atoms with van der Waals surface area (Å²) in [5, 5.41) is 4.58. The molecule has 1 aliphatic heterocycles. The molecule has 0 saturated heterocycles. The number of halogens is 1. The minimum Gasteiger partial charge on any atom is -0.448 e. The Balaban J connectivity index is 1.38. The molecule has 2 aromatic carbocycles. The van der Waals surface area contributed by atoms with Gasteiger partial charge in [0.05, 0.1) is 5.56 Å². The molecule has 1 atom stereocenters. The molecule has 0 bridgehead atoms. The molecule has 0 saturated carbocycles. The summed E-state index contributed by atoms with van der Waals surface area (Å²) >= 11 is 6.06. The molecule has 6 heteroatoms. The molecule has 3 aromatic rings. The van der Waals surface area contributed by atoms with Crippen LogP contribution >= 0.6 is 11.6 Å². The molecule has 0 aliphatic carbocycles. The summed E-state index contributed by atoms with van der Waals surface area (Å²) in [7, 11) is 0. The average Bonchev–Trinajstić information content (AvgIpc) is 3.04. The van der Waals surface area contributed by atoms with E-state index in [0.717, 1.165) is 22.0 Å². The van der Waals surface area contributed by atoms with Gasteiger partial charge >= 0.3 is 5.97 Å². The molecule has 0 unspecified atom stereocenters. The minimum absolute atomic E-state index is 0.272. The molecule has 1 aliphatic rings. The Bertz CT molecular complexity index is 996. The minimum atomic E-state index is -0.783. The summed E-state index contributed by atoms with van der Waals surface area (Å²) in [6, 6.07) is 12.9. The number of nitrogens with one attached hydrogen (secondary N) is 2. The molecular weight excluding hydrogens is 352 g/mol. The lowest BCUT2D eigenvalue weighted by atomic mass is 9.98. The number of H-pyrrole nitrogens is 1. The van der Waals surface area contributed by atoms with Crippen LogP contribution in [0.2, 0.25) is 5.02 Å². The second kappa shape index (κ2) is 6.84. The predicted octanol–water partition coefficient (Wildman–Crippen LogP) is 3.26. The van der Waals surface area contributed by atoms with Crippen molar-refractivity contribution in [2.75, 3.05) is 6.54 Å². The number of aromatic amines is 1. The highest BCUT2D eigenvalue weighted by atomic mass is 35.5. The molecule has 0 spiro atoms. The van der Waals surface area contributed by atoms with E-state index in [0.29, 0.717) is 30.0 Å². The zero-order valence-corrected chi connectivity index (χ0v) is 14.7. The number of fused-ring (bicyclic) bond motifs is 2. The van der Waals surface area contributed by atoms with Gasteiger partial charge in [0.15, 0.2) is 6.10 Å². The van der Waals surface area contributed by atoms with Gasteiger partial charge in [-0.05, 0) is 41.8 Å². The van der Waals surface area contributed by atoms with Crippen molar-refractivity contribution in [1.29, 1.82) is 0 Å². The number of aromatic nitrogens is 1. The van der Waals surface area contributed by atoms with Crippen LogP contribution in [0.5, 0.6) is 0 Å². The van der Waals surface area contributed by atoms with Crippen LogP contribution in [0.1, 0.15) is 21.5 Å². The SMILES string of the molecule is O=C1O[C@@H](C(=O)NCCc2c[nH]c3ccc(Cl)cc23)Cc2ccccc21. The van der Waals surface area contributed by atoms with E-state index in [1.165, 1.54) is 0 Å². The second-order valence-electron chi connectivity index (χ2n) is 6.30. The monoisotopic (exact) mass is 368 g/mol. The lowest BCUT2D eigenvalue weighted by molar-refractivity contribution is -0.130. The first-order valence-electron chi connectivity index (χ1n) is 8.44. The van der Waals surface area contributed by atoms with E-state index in [1.54, 1.807) is 12.1 Å². The largest absolute Gasteiger partial charge is 0.448 e. The lowest BCUT2D eigenvalue weighted by Gasteiger charge is -2.23. The molecule has 2 N–H and O–H groups in total. The quantitative estimate of drug-likeness (QED) is 0.694. The fraction of sp³-hybridized carbons (Fsp3) is 0.200. The maximum atomic E-state index is 12.4. The third-order valence-corrected chi connectivity index (χ3v) is 4.84. The maximum Gasteiger partial charge on any atom is 0.339 e. The van der Waals surface area contributed by atoms with Crippen molar-refractivity contribution in [3.05, 3.63) is 70.4 Å². The van der Waals surface area contributed by atoms with Crippen LogP contribution in [0.3, 0.4) is 0 Å². The number of carbonyl (C=O) groups is 2. The fourth-order valence-corrected chi connectivity index (χ4v) is 3.44. The molecule has 5 nitrogen and oxygen atoms in total. The van der Waals surface area contributed by atoms with E-state index in [9.17, 15) is 9.59 Å². The number of rotatable bonds is 4. The summed E-state index contributed by atoms with van der Waals surface area (Å²) in [6.45, 7) is 0.452. The first-order valence-corrected chi connectivity index (χ1v) is 8.82. The standard InChI is InChI=1S/C20H17ClN2O3/c21-14-5-6-17-16(10-14)13(11-23-17)7-8-22-19(24)18-9-12-3-1-2-4-15(12)20(25)26-18/h1-6,10-11,18,23H,7-9H2,(H,22,24)/t18-/m1/s1. The highest BCUT2D eigenvalue weighted by Gasteiger charge is 2.30. The van der Waals surface area contributed by atoms with Crippen LogP contribution in [0.4, 0.5) is 0 Å². The number of ether oxygens (including phenoxy) is 1. The van der Waals surface area contributed by atoms with Gasteiger partial charge in [0, 0.05) is 35.1 Å². The van der Waals surface area contributed by atoms with Crippen molar-refractivity contribution in [2.45, 2.75) is 18.9 Å². The number of carbonyl (C=O) groups excluding carboxylic acids is 2. The van der Waals surface area contributed by atoms with Gasteiger partial charge in [0.2, 0.25) is 0 Å². The molecule has 2 heterocycles. The molecule has 1 aromatic heterocycles. The van der Waals surface area contributed by atoms with Crippen LogP contribution in [0.15, 0.2) is 48.7 Å². The smallest absolute Gasteiger partial charge is 0.339 e. The van der Waals surface area contributed by atoms with Crippen LogP contribution in [0.25, 0.3) is 10.9 Å². The first kappa shape index (κ1) is 16.7. The van der Waals surface area contributed by atoms with Crippen LogP contribution in [0, 0.1) is 0 Å². The van der Waals surface area contributed by atoms with E-state index in [2.05, 4.69) is 10.3 Å². The van der Waals surface area contributed by atoms with E-state index in [-0.39, 0.29) is 5.91 Å². The summed E-state index contributed by atoms with van der Waals surface area (Å²) in [5.74, 6) is -0.719. The predicted molar refractivity (Wildman–Crippen MR) is 99.4 cm³/mol. The fourth-order valence-electron chi connectivity index (χ4n) is 3.27. The molecule has 0 fully saturated rings. The summed E-state index contributed by atoms with van der Waals surface area (Å²) in [6.07, 6.45) is 2.19. The number of benzene rings is 2. The van der Waals surface area contributed by atoms with Gasteiger partial charge < -0.3 is 15.0 Å². The van der Waals surface area contributed by atoms with E-state index >= 15 is 0 Å². The Morgan fingerprint density at radius 3 is 3.00 bits per heavy atom. The van der Waals surface area contributed by atoms with Gasteiger partial charge in [-0.2, -0.15) is 0 Å². The van der Waals surface area contributed by atoms with Crippen LogP contribution in [-0.2, 0) is 22.4 Å².